The summed E-state index contributed by atoms with van der Waals surface area (Å²) >= 11 is 0. The fourth-order valence-corrected chi connectivity index (χ4v) is 2.89. The molecule has 138 valence electrons. The molecule has 0 bridgehead atoms. The summed E-state index contributed by atoms with van der Waals surface area (Å²) in [7, 11) is 0. The molecule has 1 amide bonds. The van der Waals surface area contributed by atoms with Crippen LogP contribution in [-0.4, -0.2) is 36.6 Å². The molecule has 0 aliphatic carbocycles. The van der Waals surface area contributed by atoms with Crippen LogP contribution in [0.2, 0.25) is 0 Å². The minimum atomic E-state index is -0.0553. The number of aromatic nitrogens is 1. The van der Waals surface area contributed by atoms with E-state index in [1.54, 1.807) is 6.20 Å². The number of nitrogens with one attached hydrogen (secondary N) is 1. The third-order valence-corrected chi connectivity index (χ3v) is 4.21. The highest BCUT2D eigenvalue weighted by molar-refractivity contribution is 5.99. The molecule has 0 radical (unpaired) electrons. The van der Waals surface area contributed by atoms with Crippen molar-refractivity contribution in [2.75, 3.05) is 24.5 Å². The van der Waals surface area contributed by atoms with Crippen molar-refractivity contribution in [3.8, 4) is 0 Å². The van der Waals surface area contributed by atoms with Gasteiger partial charge in [-0.3, -0.25) is 4.79 Å². The topological polar surface area (TPSA) is 71.2 Å². The zero-order valence-electron chi connectivity index (χ0n) is 14.4. The number of carbonyl (C=O) groups excluding carboxylic acids is 1. The average molecular weight is 377 g/mol. The highest BCUT2D eigenvalue weighted by Crippen LogP contribution is 2.21. The molecular weight excluding hydrogens is 347 g/mol. The molecule has 1 unspecified atom stereocenters. The highest BCUT2D eigenvalue weighted by Gasteiger charge is 2.21. The van der Waals surface area contributed by atoms with Crippen molar-refractivity contribution in [3.05, 3.63) is 23.9 Å². The first kappa shape index (κ1) is 23.0. The summed E-state index contributed by atoms with van der Waals surface area (Å²) < 4.78 is 0. The third-order valence-electron chi connectivity index (χ3n) is 4.21. The number of anilines is 1. The normalized spacial score (nSPS) is 15.0. The lowest BCUT2D eigenvalue weighted by Gasteiger charge is -2.29. The van der Waals surface area contributed by atoms with Gasteiger partial charge in [-0.05, 0) is 37.8 Å². The molecule has 1 fully saturated rings. The van der Waals surface area contributed by atoms with E-state index in [9.17, 15) is 4.79 Å². The van der Waals surface area contributed by atoms with Crippen molar-refractivity contribution in [1.82, 2.24) is 10.3 Å². The Bertz CT molecular complexity index is 481. The lowest BCUT2D eigenvalue weighted by Crippen LogP contribution is -2.41. The van der Waals surface area contributed by atoms with Crippen molar-refractivity contribution >= 4 is 36.5 Å². The zero-order valence-corrected chi connectivity index (χ0v) is 16.0. The maximum atomic E-state index is 12.6. The van der Waals surface area contributed by atoms with Crippen molar-refractivity contribution in [3.63, 3.8) is 0 Å². The van der Waals surface area contributed by atoms with E-state index in [1.807, 2.05) is 12.1 Å². The standard InChI is InChI=1S/C17H28N4O.2ClH/c1-2-3-8-14(13-18)20-17(22)15-9-7-10-19-16(15)21-11-5-4-6-12-21;;/h7,9-10,14H,2-6,8,11-13,18H2,1H3,(H,20,22);2*1H. The van der Waals surface area contributed by atoms with Gasteiger partial charge in [-0.15, -0.1) is 24.8 Å². The maximum absolute atomic E-state index is 12.6. The van der Waals surface area contributed by atoms with Crippen LogP contribution >= 0.6 is 24.8 Å². The van der Waals surface area contributed by atoms with Gasteiger partial charge >= 0.3 is 0 Å². The van der Waals surface area contributed by atoms with Crippen molar-refractivity contribution < 1.29 is 4.79 Å². The molecule has 0 spiro atoms. The van der Waals surface area contributed by atoms with Crippen molar-refractivity contribution in [1.29, 1.82) is 0 Å². The molecule has 1 aromatic rings. The third kappa shape index (κ3) is 6.46. The van der Waals surface area contributed by atoms with E-state index in [1.165, 1.54) is 19.3 Å². The van der Waals surface area contributed by atoms with E-state index in [0.717, 1.165) is 38.2 Å². The molecule has 7 heteroatoms. The molecule has 1 aliphatic heterocycles. The van der Waals surface area contributed by atoms with Gasteiger partial charge < -0.3 is 16.0 Å². The number of nitrogens with two attached hydrogens (primary N) is 1. The Kier molecular flexibility index (Phi) is 11.8. The first-order valence-electron chi connectivity index (χ1n) is 8.47. The summed E-state index contributed by atoms with van der Waals surface area (Å²) in [6, 6.07) is 3.73. The van der Waals surface area contributed by atoms with Gasteiger partial charge in [0.25, 0.3) is 5.91 Å². The van der Waals surface area contributed by atoms with Gasteiger partial charge in [-0.1, -0.05) is 19.8 Å². The number of hydrogen-bond donors (Lipinski definition) is 2. The van der Waals surface area contributed by atoms with Crippen LogP contribution in [0.4, 0.5) is 5.82 Å². The number of carbonyl (C=O) groups is 1. The molecule has 1 aromatic heterocycles. The summed E-state index contributed by atoms with van der Waals surface area (Å²) in [5.74, 6) is 0.756. The number of hydrogen-bond acceptors (Lipinski definition) is 4. The van der Waals surface area contributed by atoms with Crippen LogP contribution in [0.1, 0.15) is 55.8 Å². The van der Waals surface area contributed by atoms with Gasteiger partial charge in [-0.2, -0.15) is 0 Å². The molecule has 1 saturated heterocycles. The minimum Gasteiger partial charge on any atom is -0.356 e. The first-order chi connectivity index (χ1) is 10.8. The molecule has 2 heterocycles. The minimum absolute atomic E-state index is 0. The van der Waals surface area contributed by atoms with Crippen molar-refractivity contribution in [2.45, 2.75) is 51.5 Å². The fraction of sp³-hybridized carbons (Fsp3) is 0.647. The Labute approximate surface area is 157 Å². The number of pyridine rings is 1. The van der Waals surface area contributed by atoms with E-state index < -0.39 is 0 Å². The quantitative estimate of drug-likeness (QED) is 0.766. The number of piperidine rings is 1. The molecule has 0 saturated carbocycles. The van der Waals surface area contributed by atoms with E-state index in [-0.39, 0.29) is 36.8 Å². The Morgan fingerprint density at radius 3 is 2.67 bits per heavy atom. The summed E-state index contributed by atoms with van der Waals surface area (Å²) in [5, 5.41) is 3.07. The Morgan fingerprint density at radius 2 is 2.04 bits per heavy atom. The zero-order chi connectivity index (χ0) is 15.8. The number of halogens is 2. The SMILES string of the molecule is CCCCC(CN)NC(=O)c1cccnc1N1CCCCC1.Cl.Cl. The van der Waals surface area contributed by atoms with Crippen molar-refractivity contribution in [2.24, 2.45) is 5.73 Å². The molecular formula is C17H30Cl2N4O. The van der Waals surface area contributed by atoms with Crippen LogP contribution in [0.25, 0.3) is 0 Å². The van der Waals surface area contributed by atoms with Crippen LogP contribution in [0.5, 0.6) is 0 Å². The summed E-state index contributed by atoms with van der Waals surface area (Å²) in [4.78, 5) is 19.3. The second kappa shape index (κ2) is 12.3. The number of rotatable bonds is 7. The fourth-order valence-electron chi connectivity index (χ4n) is 2.89. The Morgan fingerprint density at radius 1 is 1.33 bits per heavy atom. The van der Waals surface area contributed by atoms with Crippen LogP contribution in [-0.2, 0) is 0 Å². The number of amides is 1. The maximum Gasteiger partial charge on any atom is 0.255 e. The van der Waals surface area contributed by atoms with E-state index in [0.29, 0.717) is 12.1 Å². The van der Waals surface area contributed by atoms with Gasteiger partial charge in [0.15, 0.2) is 0 Å². The molecule has 1 aliphatic rings. The monoisotopic (exact) mass is 376 g/mol. The number of unbranched alkanes of at least 4 members (excludes halogenated alkanes) is 1. The van der Waals surface area contributed by atoms with Gasteiger partial charge in [0.05, 0.1) is 5.56 Å². The average Bonchev–Trinajstić information content (AvgIpc) is 2.59. The largest absolute Gasteiger partial charge is 0.356 e. The smallest absolute Gasteiger partial charge is 0.255 e. The molecule has 3 N–H and O–H groups in total. The molecule has 5 nitrogen and oxygen atoms in total. The van der Waals surface area contributed by atoms with E-state index in [4.69, 9.17) is 5.73 Å². The van der Waals surface area contributed by atoms with Crippen LogP contribution in [0, 0.1) is 0 Å². The summed E-state index contributed by atoms with van der Waals surface area (Å²) in [5.41, 5.74) is 6.45. The van der Waals surface area contributed by atoms with E-state index >= 15 is 0 Å². The lowest BCUT2D eigenvalue weighted by atomic mass is 10.1. The Balaban J connectivity index is 0.00000264. The summed E-state index contributed by atoms with van der Waals surface area (Å²) in [6.45, 7) is 4.58. The van der Waals surface area contributed by atoms with Gasteiger partial charge in [0.1, 0.15) is 5.82 Å². The lowest BCUT2D eigenvalue weighted by molar-refractivity contribution is 0.0936. The van der Waals surface area contributed by atoms with Gasteiger partial charge in [0, 0.05) is 31.9 Å². The van der Waals surface area contributed by atoms with Gasteiger partial charge in [-0.25, -0.2) is 4.98 Å². The van der Waals surface area contributed by atoms with E-state index in [2.05, 4.69) is 22.1 Å². The Hall–Kier alpha value is -1.04. The molecule has 2 rings (SSSR count). The predicted octanol–water partition coefficient (Wildman–Crippen LogP) is 3.16. The molecule has 1 atom stereocenters. The number of nitrogens with zero attached hydrogens (tertiary/aromatic N) is 2. The first-order valence-corrected chi connectivity index (χ1v) is 8.47. The molecule has 24 heavy (non-hydrogen) atoms. The second-order valence-corrected chi connectivity index (χ2v) is 5.97. The second-order valence-electron chi connectivity index (χ2n) is 5.97. The predicted molar refractivity (Wildman–Crippen MR) is 105 cm³/mol. The van der Waals surface area contributed by atoms with Crippen LogP contribution < -0.4 is 16.0 Å². The molecule has 0 aromatic carbocycles. The summed E-state index contributed by atoms with van der Waals surface area (Å²) in [6.07, 6.45) is 8.47. The van der Waals surface area contributed by atoms with Crippen LogP contribution in [0.15, 0.2) is 18.3 Å². The van der Waals surface area contributed by atoms with Crippen LogP contribution in [0.3, 0.4) is 0 Å². The highest BCUT2D eigenvalue weighted by atomic mass is 35.5. The van der Waals surface area contributed by atoms with Gasteiger partial charge in [0.2, 0.25) is 0 Å².